The van der Waals surface area contributed by atoms with Crippen molar-refractivity contribution in [2.75, 3.05) is 13.1 Å². The standard InChI is InChI=1S/C7H15N.CH3NO2/c1-7(2)8-5-3-4-6-8;3-1-2-4/h7H,3-6H2,1-2H3;1,4H,(H,2,3). The third-order valence-corrected chi connectivity index (χ3v) is 1.92. The Hall–Kier alpha value is -0.610. The summed E-state index contributed by atoms with van der Waals surface area (Å²) < 4.78 is 0. The van der Waals surface area contributed by atoms with E-state index in [-0.39, 0.29) is 6.41 Å². The van der Waals surface area contributed by atoms with Gasteiger partial charge in [0, 0.05) is 6.04 Å². The van der Waals surface area contributed by atoms with Crippen molar-refractivity contribution in [2.24, 2.45) is 0 Å². The number of hydrogen-bond acceptors (Lipinski definition) is 3. The first-order chi connectivity index (χ1) is 5.72. The second-order valence-corrected chi connectivity index (χ2v) is 3.08. The molecule has 0 aromatic rings. The third-order valence-electron chi connectivity index (χ3n) is 1.92. The number of rotatable bonds is 2. The summed E-state index contributed by atoms with van der Waals surface area (Å²) in [7, 11) is 0. The van der Waals surface area contributed by atoms with Crippen molar-refractivity contribution in [1.29, 1.82) is 0 Å². The van der Waals surface area contributed by atoms with Gasteiger partial charge in [-0.2, -0.15) is 0 Å². The van der Waals surface area contributed by atoms with E-state index >= 15 is 0 Å². The number of amides is 1. The van der Waals surface area contributed by atoms with Crippen LogP contribution in [0.1, 0.15) is 26.7 Å². The molecule has 1 fully saturated rings. The quantitative estimate of drug-likeness (QED) is 0.366. The minimum absolute atomic E-state index is 0.181. The molecule has 0 spiro atoms. The zero-order valence-corrected chi connectivity index (χ0v) is 7.79. The lowest BCUT2D eigenvalue weighted by Crippen LogP contribution is -2.26. The van der Waals surface area contributed by atoms with Gasteiger partial charge in [-0.25, -0.2) is 5.48 Å². The molecule has 0 atom stereocenters. The van der Waals surface area contributed by atoms with Crippen LogP contribution < -0.4 is 5.48 Å². The van der Waals surface area contributed by atoms with Gasteiger partial charge in [0.2, 0.25) is 6.41 Å². The minimum atomic E-state index is 0.181. The zero-order valence-electron chi connectivity index (χ0n) is 7.79. The van der Waals surface area contributed by atoms with Gasteiger partial charge in [0.15, 0.2) is 0 Å². The lowest BCUT2D eigenvalue weighted by Gasteiger charge is -2.18. The Bertz CT molecular complexity index is 112. The second kappa shape index (κ2) is 7.06. The van der Waals surface area contributed by atoms with Crippen molar-refractivity contribution in [2.45, 2.75) is 32.7 Å². The fraction of sp³-hybridized carbons (Fsp3) is 0.875. The summed E-state index contributed by atoms with van der Waals surface area (Å²) >= 11 is 0. The van der Waals surface area contributed by atoms with Crippen molar-refractivity contribution in [3.8, 4) is 0 Å². The van der Waals surface area contributed by atoms with Crippen molar-refractivity contribution < 1.29 is 10.0 Å². The molecule has 2 N–H and O–H groups in total. The number of carbonyl (C=O) groups is 1. The van der Waals surface area contributed by atoms with Gasteiger partial charge in [0.05, 0.1) is 0 Å². The number of hydroxylamine groups is 1. The van der Waals surface area contributed by atoms with Gasteiger partial charge in [-0.05, 0) is 39.8 Å². The summed E-state index contributed by atoms with van der Waals surface area (Å²) in [5.41, 5.74) is 1.25. The van der Waals surface area contributed by atoms with Crippen LogP contribution in [0.4, 0.5) is 0 Å². The van der Waals surface area contributed by atoms with Crippen LogP contribution in [0.25, 0.3) is 0 Å². The molecular weight excluding hydrogens is 156 g/mol. The first-order valence-electron chi connectivity index (χ1n) is 4.29. The van der Waals surface area contributed by atoms with Crippen LogP contribution in [0.5, 0.6) is 0 Å². The van der Waals surface area contributed by atoms with Crippen molar-refractivity contribution in [3.05, 3.63) is 0 Å². The molecule has 1 heterocycles. The van der Waals surface area contributed by atoms with E-state index in [2.05, 4.69) is 18.7 Å². The van der Waals surface area contributed by atoms with Crippen LogP contribution in [0.2, 0.25) is 0 Å². The molecule has 0 saturated carbocycles. The first-order valence-corrected chi connectivity index (χ1v) is 4.29. The number of nitrogens with zero attached hydrogens (tertiary/aromatic N) is 1. The largest absolute Gasteiger partial charge is 0.301 e. The molecule has 0 unspecified atom stereocenters. The van der Waals surface area contributed by atoms with E-state index in [1.54, 1.807) is 0 Å². The Labute approximate surface area is 73.5 Å². The van der Waals surface area contributed by atoms with Crippen LogP contribution in [0, 0.1) is 0 Å². The molecule has 0 aromatic carbocycles. The predicted molar refractivity (Wildman–Crippen MR) is 46.9 cm³/mol. The highest BCUT2D eigenvalue weighted by molar-refractivity contribution is 5.43. The fourth-order valence-corrected chi connectivity index (χ4v) is 1.26. The number of nitrogens with one attached hydrogen (secondary N) is 1. The van der Waals surface area contributed by atoms with E-state index in [0.29, 0.717) is 0 Å². The fourth-order valence-electron chi connectivity index (χ4n) is 1.26. The zero-order chi connectivity index (χ0) is 9.40. The SMILES string of the molecule is CC(C)N1CCCC1.O=CNO. The Morgan fingerprint density at radius 2 is 1.83 bits per heavy atom. The maximum absolute atomic E-state index is 8.81. The Morgan fingerprint density at radius 1 is 1.42 bits per heavy atom. The van der Waals surface area contributed by atoms with Gasteiger partial charge in [-0.15, -0.1) is 0 Å². The monoisotopic (exact) mass is 174 g/mol. The van der Waals surface area contributed by atoms with E-state index in [1.165, 1.54) is 31.4 Å². The molecule has 72 valence electrons. The molecule has 4 nitrogen and oxygen atoms in total. The summed E-state index contributed by atoms with van der Waals surface area (Å²) in [5, 5.41) is 7.26. The average molecular weight is 174 g/mol. The summed E-state index contributed by atoms with van der Waals surface area (Å²) in [6, 6.07) is 0.775. The normalized spacial score (nSPS) is 17.0. The Balaban J connectivity index is 0.000000261. The maximum atomic E-state index is 8.81. The molecule has 0 aromatic heterocycles. The summed E-state index contributed by atoms with van der Waals surface area (Å²) in [4.78, 5) is 11.3. The van der Waals surface area contributed by atoms with E-state index in [0.717, 1.165) is 6.04 Å². The van der Waals surface area contributed by atoms with Crippen LogP contribution in [0.3, 0.4) is 0 Å². The lowest BCUT2D eigenvalue weighted by molar-refractivity contribution is -0.116. The topological polar surface area (TPSA) is 52.6 Å². The van der Waals surface area contributed by atoms with E-state index in [9.17, 15) is 0 Å². The first kappa shape index (κ1) is 11.4. The predicted octanol–water partition coefficient (Wildman–Crippen LogP) is 0.612. The maximum Gasteiger partial charge on any atom is 0.230 e. The number of likely N-dealkylation sites (tertiary alicyclic amines) is 1. The van der Waals surface area contributed by atoms with Gasteiger partial charge in [-0.3, -0.25) is 10.0 Å². The van der Waals surface area contributed by atoms with Crippen LogP contribution in [-0.4, -0.2) is 35.6 Å². The van der Waals surface area contributed by atoms with Crippen LogP contribution in [-0.2, 0) is 4.79 Å². The molecule has 4 heteroatoms. The number of hydrogen-bond donors (Lipinski definition) is 2. The molecule has 12 heavy (non-hydrogen) atoms. The Morgan fingerprint density at radius 3 is 2.00 bits per heavy atom. The summed E-state index contributed by atoms with van der Waals surface area (Å²) in [5.74, 6) is 0. The van der Waals surface area contributed by atoms with Crippen molar-refractivity contribution >= 4 is 6.41 Å². The molecule has 0 aliphatic carbocycles. The van der Waals surface area contributed by atoms with E-state index in [1.807, 2.05) is 0 Å². The molecule has 1 saturated heterocycles. The molecule has 1 aliphatic heterocycles. The van der Waals surface area contributed by atoms with Crippen molar-refractivity contribution in [1.82, 2.24) is 10.4 Å². The smallest absolute Gasteiger partial charge is 0.230 e. The summed E-state index contributed by atoms with van der Waals surface area (Å²) in [6.45, 7) is 7.20. The highest BCUT2D eigenvalue weighted by Crippen LogP contribution is 2.09. The van der Waals surface area contributed by atoms with E-state index in [4.69, 9.17) is 10.0 Å². The van der Waals surface area contributed by atoms with Gasteiger partial charge < -0.3 is 4.90 Å². The lowest BCUT2D eigenvalue weighted by atomic mass is 10.3. The molecule has 1 rings (SSSR count). The van der Waals surface area contributed by atoms with Gasteiger partial charge in [-0.1, -0.05) is 0 Å². The Kier molecular flexibility index (Phi) is 6.70. The summed E-state index contributed by atoms with van der Waals surface area (Å²) in [6.07, 6.45) is 3.01. The molecule has 1 amide bonds. The van der Waals surface area contributed by atoms with E-state index < -0.39 is 0 Å². The highest BCUT2D eigenvalue weighted by Gasteiger charge is 2.13. The minimum Gasteiger partial charge on any atom is -0.301 e. The average Bonchev–Trinajstić information content (AvgIpc) is 2.57. The van der Waals surface area contributed by atoms with Gasteiger partial charge >= 0.3 is 0 Å². The molecule has 0 bridgehead atoms. The molecular formula is C8H18N2O2. The second-order valence-electron chi connectivity index (χ2n) is 3.08. The van der Waals surface area contributed by atoms with Gasteiger partial charge in [0.25, 0.3) is 0 Å². The van der Waals surface area contributed by atoms with Crippen LogP contribution in [0.15, 0.2) is 0 Å². The molecule has 0 radical (unpaired) electrons. The van der Waals surface area contributed by atoms with Gasteiger partial charge in [0.1, 0.15) is 0 Å². The number of carbonyl (C=O) groups excluding carboxylic acids is 1. The molecule has 1 aliphatic rings. The highest BCUT2D eigenvalue weighted by atomic mass is 16.5. The third kappa shape index (κ3) is 5.09. The van der Waals surface area contributed by atoms with Crippen molar-refractivity contribution in [3.63, 3.8) is 0 Å². The van der Waals surface area contributed by atoms with Crippen LogP contribution >= 0.6 is 0 Å².